The van der Waals surface area contributed by atoms with E-state index in [0.29, 0.717) is 31.3 Å². The number of pyridine rings is 1. The number of nitrogens with zero attached hydrogens (tertiary/aromatic N) is 2. The predicted octanol–water partition coefficient (Wildman–Crippen LogP) is 5.41. The van der Waals surface area contributed by atoms with E-state index in [-0.39, 0.29) is 12.0 Å². The Balaban J connectivity index is 1.74. The molecule has 0 unspecified atom stereocenters. The van der Waals surface area contributed by atoms with Crippen molar-refractivity contribution in [3.05, 3.63) is 64.7 Å². The van der Waals surface area contributed by atoms with E-state index in [1.807, 2.05) is 29.2 Å². The number of amides is 1. The number of aromatic nitrogens is 1. The van der Waals surface area contributed by atoms with Crippen LogP contribution in [-0.2, 0) is 20.8 Å². The van der Waals surface area contributed by atoms with Crippen LogP contribution >= 0.6 is 11.6 Å². The zero-order valence-electron chi connectivity index (χ0n) is 18.6. The lowest BCUT2D eigenvalue weighted by Gasteiger charge is -2.26. The predicted molar refractivity (Wildman–Crippen MR) is 128 cm³/mol. The van der Waals surface area contributed by atoms with E-state index < -0.39 is 0 Å². The van der Waals surface area contributed by atoms with Crippen LogP contribution in [-0.4, -0.2) is 48.8 Å². The molecule has 0 radical (unpaired) electrons. The van der Waals surface area contributed by atoms with Gasteiger partial charge in [0.1, 0.15) is 6.10 Å². The first-order chi connectivity index (χ1) is 15.5. The van der Waals surface area contributed by atoms with Crippen LogP contribution in [0.5, 0.6) is 0 Å². The molecule has 0 aliphatic carbocycles. The number of methoxy groups -OCH3 is 1. The molecule has 1 fully saturated rings. The minimum absolute atomic E-state index is 0.0413. The summed E-state index contributed by atoms with van der Waals surface area (Å²) in [7, 11) is 1.68. The maximum Gasteiger partial charge on any atom is 0.252 e. The van der Waals surface area contributed by atoms with Gasteiger partial charge >= 0.3 is 0 Å². The molecule has 0 saturated carbocycles. The number of rotatable bonds is 8. The maximum atomic E-state index is 13.3. The van der Waals surface area contributed by atoms with E-state index in [0.717, 1.165) is 52.5 Å². The third-order valence-corrected chi connectivity index (χ3v) is 6.04. The van der Waals surface area contributed by atoms with E-state index in [2.05, 4.69) is 31.2 Å². The molecular weight excluding hydrogens is 424 g/mol. The molecular formula is C26H29ClN2O3. The molecule has 1 saturated heterocycles. The first-order valence-electron chi connectivity index (χ1n) is 11.1. The van der Waals surface area contributed by atoms with Crippen molar-refractivity contribution in [2.45, 2.75) is 38.8 Å². The Kier molecular flexibility index (Phi) is 7.40. The molecule has 3 aromatic rings. The van der Waals surface area contributed by atoms with Gasteiger partial charge in [-0.1, -0.05) is 35.9 Å². The van der Waals surface area contributed by atoms with Gasteiger partial charge in [-0.25, -0.2) is 4.98 Å². The molecule has 0 bridgehead atoms. The highest BCUT2D eigenvalue weighted by Crippen LogP contribution is 2.29. The van der Waals surface area contributed by atoms with Gasteiger partial charge in [0.05, 0.1) is 11.2 Å². The molecule has 1 aromatic heterocycles. The van der Waals surface area contributed by atoms with Gasteiger partial charge in [0, 0.05) is 49.4 Å². The lowest BCUT2D eigenvalue weighted by atomic mass is 10.0. The number of fused-ring (bicyclic) bond motifs is 1. The average molecular weight is 453 g/mol. The summed E-state index contributed by atoms with van der Waals surface area (Å²) in [6.07, 6.45) is 2.10. The van der Waals surface area contributed by atoms with Crippen LogP contribution in [0.1, 0.15) is 30.4 Å². The summed E-state index contributed by atoms with van der Waals surface area (Å²) in [5, 5.41) is 1.71. The molecule has 32 heavy (non-hydrogen) atoms. The standard InChI is InChI=1S/C26H29ClN2O3/c1-18-9-10-19-15-21(25(28-23(19)14-18)20-6-3-7-22(27)16-20)17-29(11-5-12-31-2)26(30)24-8-4-13-32-24/h3,6-7,9-10,14-16,24H,4-5,8,11-13,17H2,1-2H3/t24-/m0/s1. The molecule has 0 N–H and O–H groups in total. The Bertz CT molecular complexity index is 1100. The molecule has 0 spiro atoms. The van der Waals surface area contributed by atoms with Crippen molar-refractivity contribution in [2.24, 2.45) is 0 Å². The van der Waals surface area contributed by atoms with Crippen LogP contribution in [0.2, 0.25) is 5.02 Å². The van der Waals surface area contributed by atoms with Gasteiger partial charge in [-0.05, 0) is 61.6 Å². The summed E-state index contributed by atoms with van der Waals surface area (Å²) >= 11 is 6.29. The van der Waals surface area contributed by atoms with Crippen molar-refractivity contribution in [3.8, 4) is 11.3 Å². The van der Waals surface area contributed by atoms with Gasteiger partial charge < -0.3 is 14.4 Å². The normalized spacial score (nSPS) is 15.9. The summed E-state index contributed by atoms with van der Waals surface area (Å²) in [5.74, 6) is 0.0413. The molecule has 168 valence electrons. The fourth-order valence-corrected chi connectivity index (χ4v) is 4.37. The monoisotopic (exact) mass is 452 g/mol. The number of benzene rings is 2. The van der Waals surface area contributed by atoms with Gasteiger partial charge in [0.2, 0.25) is 0 Å². The minimum Gasteiger partial charge on any atom is -0.385 e. The van der Waals surface area contributed by atoms with E-state index in [4.69, 9.17) is 26.1 Å². The number of aryl methyl sites for hydroxylation is 1. The highest BCUT2D eigenvalue weighted by atomic mass is 35.5. The van der Waals surface area contributed by atoms with Crippen LogP contribution < -0.4 is 0 Å². The molecule has 4 rings (SSSR count). The van der Waals surface area contributed by atoms with Crippen molar-refractivity contribution < 1.29 is 14.3 Å². The number of carbonyl (C=O) groups excluding carboxylic acids is 1. The molecule has 1 aliphatic heterocycles. The zero-order chi connectivity index (χ0) is 22.5. The van der Waals surface area contributed by atoms with Gasteiger partial charge in [0.25, 0.3) is 5.91 Å². The highest BCUT2D eigenvalue weighted by Gasteiger charge is 2.29. The Morgan fingerprint density at radius 1 is 1.25 bits per heavy atom. The lowest BCUT2D eigenvalue weighted by Crippen LogP contribution is -2.39. The van der Waals surface area contributed by atoms with Crippen molar-refractivity contribution >= 4 is 28.4 Å². The Hall–Kier alpha value is -2.47. The SMILES string of the molecule is COCCCN(Cc1cc2ccc(C)cc2nc1-c1cccc(Cl)c1)C(=O)[C@@H]1CCCO1. The molecule has 1 amide bonds. The Labute approximate surface area is 194 Å². The number of carbonyl (C=O) groups is 1. The van der Waals surface area contributed by atoms with E-state index in [1.54, 1.807) is 7.11 Å². The number of hydrogen-bond donors (Lipinski definition) is 0. The van der Waals surface area contributed by atoms with Crippen LogP contribution in [0.3, 0.4) is 0 Å². The second-order valence-corrected chi connectivity index (χ2v) is 8.75. The average Bonchev–Trinajstić information content (AvgIpc) is 3.33. The minimum atomic E-state index is -0.358. The van der Waals surface area contributed by atoms with Crippen LogP contribution in [0.15, 0.2) is 48.5 Å². The summed E-state index contributed by atoms with van der Waals surface area (Å²) < 4.78 is 10.9. The summed E-state index contributed by atoms with van der Waals surface area (Å²) in [4.78, 5) is 20.2. The fraction of sp³-hybridized carbons (Fsp3) is 0.385. The highest BCUT2D eigenvalue weighted by molar-refractivity contribution is 6.30. The van der Waals surface area contributed by atoms with Gasteiger partial charge in [-0.3, -0.25) is 4.79 Å². The number of ether oxygens (including phenoxy) is 2. The third kappa shape index (κ3) is 5.29. The summed E-state index contributed by atoms with van der Waals surface area (Å²) in [6, 6.07) is 16.1. The third-order valence-electron chi connectivity index (χ3n) is 5.80. The summed E-state index contributed by atoms with van der Waals surface area (Å²) in [5.41, 5.74) is 4.87. The fourth-order valence-electron chi connectivity index (χ4n) is 4.18. The Morgan fingerprint density at radius 2 is 2.12 bits per heavy atom. The van der Waals surface area contributed by atoms with Crippen molar-refractivity contribution in [1.29, 1.82) is 0 Å². The number of hydrogen-bond acceptors (Lipinski definition) is 4. The largest absolute Gasteiger partial charge is 0.385 e. The Morgan fingerprint density at radius 3 is 2.88 bits per heavy atom. The molecule has 6 heteroatoms. The van der Waals surface area contributed by atoms with Gasteiger partial charge in [-0.15, -0.1) is 0 Å². The van der Waals surface area contributed by atoms with Gasteiger partial charge in [0.15, 0.2) is 0 Å². The first kappa shape index (κ1) is 22.7. The first-order valence-corrected chi connectivity index (χ1v) is 11.5. The van der Waals surface area contributed by atoms with Gasteiger partial charge in [-0.2, -0.15) is 0 Å². The molecule has 1 aliphatic rings. The molecule has 2 heterocycles. The molecule has 5 nitrogen and oxygen atoms in total. The van der Waals surface area contributed by atoms with Crippen LogP contribution in [0.4, 0.5) is 0 Å². The lowest BCUT2D eigenvalue weighted by molar-refractivity contribution is -0.141. The van der Waals surface area contributed by atoms with Crippen molar-refractivity contribution in [2.75, 3.05) is 26.9 Å². The zero-order valence-corrected chi connectivity index (χ0v) is 19.4. The topological polar surface area (TPSA) is 51.7 Å². The van der Waals surface area contributed by atoms with E-state index >= 15 is 0 Å². The number of halogens is 1. The van der Waals surface area contributed by atoms with Crippen molar-refractivity contribution in [1.82, 2.24) is 9.88 Å². The maximum absolute atomic E-state index is 13.3. The molecule has 2 aromatic carbocycles. The second-order valence-electron chi connectivity index (χ2n) is 8.31. The smallest absolute Gasteiger partial charge is 0.252 e. The van der Waals surface area contributed by atoms with E-state index in [1.165, 1.54) is 0 Å². The molecule has 1 atom stereocenters. The van der Waals surface area contributed by atoms with Crippen LogP contribution in [0.25, 0.3) is 22.2 Å². The van der Waals surface area contributed by atoms with Crippen molar-refractivity contribution in [3.63, 3.8) is 0 Å². The quantitative estimate of drug-likeness (QED) is 0.429. The second kappa shape index (κ2) is 10.4. The van der Waals surface area contributed by atoms with E-state index in [9.17, 15) is 4.79 Å². The summed E-state index contributed by atoms with van der Waals surface area (Å²) in [6.45, 7) is 4.37. The van der Waals surface area contributed by atoms with Crippen LogP contribution in [0, 0.1) is 6.92 Å².